The van der Waals surface area contributed by atoms with Crippen LogP contribution in [0.5, 0.6) is 5.88 Å². The molecule has 1 aliphatic rings. The molecule has 0 bridgehead atoms. The zero-order chi connectivity index (χ0) is 16.2. The van der Waals surface area contributed by atoms with E-state index in [0.717, 1.165) is 24.6 Å². The Bertz CT molecular complexity index is 664. The molecular weight excluding hydrogens is 294 g/mol. The fourth-order valence-corrected chi connectivity index (χ4v) is 2.51. The average Bonchev–Trinajstić information content (AvgIpc) is 2.62. The summed E-state index contributed by atoms with van der Waals surface area (Å²) in [5.74, 6) is 1.35. The number of carbonyl (C=O) groups is 1. The maximum Gasteiger partial charge on any atom is 0.255 e. The molecule has 1 saturated heterocycles. The van der Waals surface area contributed by atoms with Gasteiger partial charge in [-0.1, -0.05) is 0 Å². The average molecular weight is 313 g/mol. The van der Waals surface area contributed by atoms with Crippen LogP contribution in [-0.4, -0.2) is 59.3 Å². The van der Waals surface area contributed by atoms with Crippen molar-refractivity contribution in [3.8, 4) is 5.88 Å². The number of carbonyl (C=O) groups excluding carboxylic acids is 1. The van der Waals surface area contributed by atoms with E-state index in [1.807, 2.05) is 24.0 Å². The van der Waals surface area contributed by atoms with Gasteiger partial charge in [-0.15, -0.1) is 5.10 Å². The number of amides is 1. The lowest BCUT2D eigenvalue weighted by Crippen LogP contribution is -2.49. The summed E-state index contributed by atoms with van der Waals surface area (Å²) in [4.78, 5) is 20.5. The van der Waals surface area contributed by atoms with Crippen LogP contribution in [-0.2, 0) is 0 Å². The molecule has 23 heavy (non-hydrogen) atoms. The highest BCUT2D eigenvalue weighted by molar-refractivity contribution is 5.94. The maximum atomic E-state index is 12.5. The molecular formula is C16H19N5O2. The van der Waals surface area contributed by atoms with Crippen LogP contribution < -0.4 is 9.64 Å². The molecule has 0 aromatic carbocycles. The quantitative estimate of drug-likeness (QED) is 0.846. The van der Waals surface area contributed by atoms with Gasteiger partial charge in [0.25, 0.3) is 5.91 Å². The highest BCUT2D eigenvalue weighted by atomic mass is 16.5. The van der Waals surface area contributed by atoms with Crippen LogP contribution >= 0.6 is 0 Å². The largest absolute Gasteiger partial charge is 0.481 e. The van der Waals surface area contributed by atoms with Crippen molar-refractivity contribution in [1.29, 1.82) is 0 Å². The highest BCUT2D eigenvalue weighted by Crippen LogP contribution is 2.15. The van der Waals surface area contributed by atoms with Gasteiger partial charge in [-0.25, -0.2) is 4.98 Å². The summed E-state index contributed by atoms with van der Waals surface area (Å²) < 4.78 is 5.01. The number of piperazine rings is 1. The minimum absolute atomic E-state index is 0.00482. The summed E-state index contributed by atoms with van der Waals surface area (Å²) in [7, 11) is 1.55. The smallest absolute Gasteiger partial charge is 0.255 e. The predicted octanol–water partition coefficient (Wildman–Crippen LogP) is 1.15. The Labute approximate surface area is 134 Å². The summed E-state index contributed by atoms with van der Waals surface area (Å²) in [5, 5.41) is 8.28. The van der Waals surface area contributed by atoms with E-state index in [1.165, 1.54) is 0 Å². The summed E-state index contributed by atoms with van der Waals surface area (Å²) in [6, 6.07) is 7.35. The van der Waals surface area contributed by atoms with E-state index in [9.17, 15) is 4.79 Å². The number of methoxy groups -OCH3 is 1. The number of pyridine rings is 1. The Kier molecular flexibility index (Phi) is 4.36. The molecule has 1 amide bonds. The van der Waals surface area contributed by atoms with Gasteiger partial charge in [-0.2, -0.15) is 5.10 Å². The van der Waals surface area contributed by atoms with Crippen LogP contribution in [0.4, 0.5) is 5.82 Å². The van der Waals surface area contributed by atoms with Crippen LogP contribution in [0.2, 0.25) is 0 Å². The van der Waals surface area contributed by atoms with Crippen molar-refractivity contribution in [3.63, 3.8) is 0 Å². The van der Waals surface area contributed by atoms with E-state index in [0.29, 0.717) is 24.5 Å². The van der Waals surface area contributed by atoms with Crippen molar-refractivity contribution >= 4 is 11.7 Å². The third-order valence-corrected chi connectivity index (χ3v) is 3.87. The van der Waals surface area contributed by atoms with Gasteiger partial charge in [-0.05, 0) is 25.1 Å². The highest BCUT2D eigenvalue weighted by Gasteiger charge is 2.23. The number of rotatable bonds is 3. The normalized spacial score (nSPS) is 14.7. The van der Waals surface area contributed by atoms with Gasteiger partial charge in [0.1, 0.15) is 0 Å². The Hall–Kier alpha value is -2.70. The maximum absolute atomic E-state index is 12.5. The Morgan fingerprint density at radius 2 is 1.87 bits per heavy atom. The lowest BCUT2D eigenvalue weighted by molar-refractivity contribution is 0.0746. The molecule has 1 aliphatic heterocycles. The molecule has 3 rings (SSSR count). The molecule has 0 saturated carbocycles. The first kappa shape index (κ1) is 15.2. The molecule has 7 nitrogen and oxygen atoms in total. The van der Waals surface area contributed by atoms with Crippen LogP contribution in [0.25, 0.3) is 0 Å². The van der Waals surface area contributed by atoms with E-state index in [2.05, 4.69) is 20.1 Å². The summed E-state index contributed by atoms with van der Waals surface area (Å²) in [6.07, 6.45) is 1.55. The monoisotopic (exact) mass is 313 g/mol. The minimum atomic E-state index is -0.00482. The predicted molar refractivity (Wildman–Crippen MR) is 85.7 cm³/mol. The van der Waals surface area contributed by atoms with Gasteiger partial charge in [-0.3, -0.25) is 4.79 Å². The molecule has 0 unspecified atom stereocenters. The van der Waals surface area contributed by atoms with Gasteiger partial charge in [0.2, 0.25) is 5.88 Å². The number of anilines is 1. The number of aryl methyl sites for hydroxylation is 1. The fourth-order valence-electron chi connectivity index (χ4n) is 2.51. The van der Waals surface area contributed by atoms with Gasteiger partial charge < -0.3 is 14.5 Å². The number of aromatic nitrogens is 3. The van der Waals surface area contributed by atoms with Gasteiger partial charge in [0, 0.05) is 38.4 Å². The topological polar surface area (TPSA) is 71.5 Å². The fraction of sp³-hybridized carbons (Fsp3) is 0.375. The van der Waals surface area contributed by atoms with Crippen molar-refractivity contribution in [2.24, 2.45) is 0 Å². The van der Waals surface area contributed by atoms with Crippen LogP contribution in [0.1, 0.15) is 16.1 Å². The molecule has 0 N–H and O–H groups in total. The van der Waals surface area contributed by atoms with Crippen LogP contribution in [0.15, 0.2) is 30.5 Å². The molecule has 7 heteroatoms. The van der Waals surface area contributed by atoms with Gasteiger partial charge in [0.05, 0.1) is 18.4 Å². The van der Waals surface area contributed by atoms with Crippen LogP contribution in [0, 0.1) is 6.92 Å². The molecule has 2 aromatic rings. The first-order valence-corrected chi connectivity index (χ1v) is 7.52. The minimum Gasteiger partial charge on any atom is -0.481 e. The van der Waals surface area contributed by atoms with E-state index in [-0.39, 0.29) is 5.91 Å². The third kappa shape index (κ3) is 3.39. The second-order valence-electron chi connectivity index (χ2n) is 5.40. The van der Waals surface area contributed by atoms with Crippen molar-refractivity contribution in [2.45, 2.75) is 6.92 Å². The second-order valence-corrected chi connectivity index (χ2v) is 5.40. The second kappa shape index (κ2) is 6.60. The third-order valence-electron chi connectivity index (χ3n) is 3.87. The first-order valence-electron chi connectivity index (χ1n) is 7.52. The Morgan fingerprint density at radius 3 is 2.43 bits per heavy atom. The molecule has 0 spiro atoms. The Balaban J connectivity index is 1.61. The molecule has 0 radical (unpaired) electrons. The number of ether oxygens (including phenoxy) is 1. The van der Waals surface area contributed by atoms with Gasteiger partial charge >= 0.3 is 0 Å². The molecule has 0 atom stereocenters. The first-order chi connectivity index (χ1) is 11.2. The lowest BCUT2D eigenvalue weighted by atomic mass is 10.2. The zero-order valence-electron chi connectivity index (χ0n) is 13.3. The van der Waals surface area contributed by atoms with Crippen molar-refractivity contribution in [1.82, 2.24) is 20.1 Å². The molecule has 1 fully saturated rings. The number of hydrogen-bond donors (Lipinski definition) is 0. The van der Waals surface area contributed by atoms with E-state index < -0.39 is 0 Å². The molecule has 0 aliphatic carbocycles. The van der Waals surface area contributed by atoms with Crippen molar-refractivity contribution < 1.29 is 9.53 Å². The standard InChI is InChI=1S/C16H19N5O2/c1-12-3-5-14(19-18-12)20-7-9-21(10-8-20)16(22)13-4-6-15(23-2)17-11-13/h3-6,11H,7-10H2,1-2H3. The van der Waals surface area contributed by atoms with Gasteiger partial charge in [0.15, 0.2) is 5.82 Å². The summed E-state index contributed by atoms with van der Waals surface area (Å²) >= 11 is 0. The van der Waals surface area contributed by atoms with E-state index >= 15 is 0 Å². The van der Waals surface area contributed by atoms with Crippen molar-refractivity contribution in [2.75, 3.05) is 38.2 Å². The van der Waals surface area contributed by atoms with E-state index in [1.54, 1.807) is 25.4 Å². The molecule has 120 valence electrons. The number of hydrogen-bond acceptors (Lipinski definition) is 6. The SMILES string of the molecule is COc1ccc(C(=O)N2CCN(c3ccc(C)nn3)CC2)cn1. The van der Waals surface area contributed by atoms with Crippen LogP contribution in [0.3, 0.4) is 0 Å². The zero-order valence-corrected chi connectivity index (χ0v) is 13.3. The lowest BCUT2D eigenvalue weighted by Gasteiger charge is -2.35. The summed E-state index contributed by atoms with van der Waals surface area (Å²) in [5.41, 5.74) is 1.48. The Morgan fingerprint density at radius 1 is 1.09 bits per heavy atom. The van der Waals surface area contributed by atoms with Crippen molar-refractivity contribution in [3.05, 3.63) is 41.7 Å². The van der Waals surface area contributed by atoms with E-state index in [4.69, 9.17) is 4.74 Å². The number of nitrogens with zero attached hydrogens (tertiary/aromatic N) is 5. The molecule has 2 aromatic heterocycles. The summed E-state index contributed by atoms with van der Waals surface area (Å²) in [6.45, 7) is 4.71. The molecule has 3 heterocycles.